The van der Waals surface area contributed by atoms with Gasteiger partial charge in [0.15, 0.2) is 0 Å². The standard InChI is InChI=1S/C24H26N4O2/c1-16-10-13-28(21-9-5-7-18-6-4-8-20(18)21)24(30)22(16)23(29)27(3)17(2)14-19-15-25-11-12-26-19/h5,7,9-13,15,17H,4,6,8,14H2,1-3H3. The van der Waals surface area contributed by atoms with Crippen LogP contribution >= 0.6 is 0 Å². The first kappa shape index (κ1) is 20.0. The van der Waals surface area contributed by atoms with Crippen LogP contribution in [0.4, 0.5) is 0 Å². The maximum Gasteiger partial charge on any atom is 0.268 e. The van der Waals surface area contributed by atoms with E-state index in [4.69, 9.17) is 0 Å². The molecule has 3 aromatic rings. The van der Waals surface area contributed by atoms with Crippen molar-refractivity contribution in [3.05, 3.63) is 87.4 Å². The molecule has 30 heavy (non-hydrogen) atoms. The van der Waals surface area contributed by atoms with Crippen molar-refractivity contribution >= 4 is 5.91 Å². The highest BCUT2D eigenvalue weighted by atomic mass is 16.2. The van der Waals surface area contributed by atoms with Crippen molar-refractivity contribution in [2.24, 2.45) is 0 Å². The number of rotatable bonds is 5. The van der Waals surface area contributed by atoms with Gasteiger partial charge in [-0.2, -0.15) is 0 Å². The maximum atomic E-state index is 13.4. The molecule has 6 heteroatoms. The van der Waals surface area contributed by atoms with Gasteiger partial charge in [0.2, 0.25) is 0 Å². The van der Waals surface area contributed by atoms with E-state index in [-0.39, 0.29) is 23.1 Å². The number of carbonyl (C=O) groups excluding carboxylic acids is 1. The number of carbonyl (C=O) groups is 1. The average Bonchev–Trinajstić information content (AvgIpc) is 3.23. The molecule has 1 amide bonds. The van der Waals surface area contributed by atoms with Gasteiger partial charge in [-0.05, 0) is 61.9 Å². The van der Waals surface area contributed by atoms with Crippen LogP contribution < -0.4 is 5.56 Å². The van der Waals surface area contributed by atoms with Crippen LogP contribution in [-0.4, -0.2) is 38.4 Å². The summed E-state index contributed by atoms with van der Waals surface area (Å²) in [6.45, 7) is 3.77. The number of aromatic nitrogens is 3. The molecule has 1 aromatic carbocycles. The fraction of sp³-hybridized carbons (Fsp3) is 0.333. The molecule has 4 rings (SSSR count). The van der Waals surface area contributed by atoms with Crippen molar-refractivity contribution < 1.29 is 4.79 Å². The molecule has 0 saturated heterocycles. The van der Waals surface area contributed by atoms with Crippen LogP contribution in [0.5, 0.6) is 0 Å². The topological polar surface area (TPSA) is 68.1 Å². The lowest BCUT2D eigenvalue weighted by Gasteiger charge is -2.25. The Bertz CT molecular complexity index is 1140. The average molecular weight is 402 g/mol. The summed E-state index contributed by atoms with van der Waals surface area (Å²) in [4.78, 5) is 36.7. The van der Waals surface area contributed by atoms with Gasteiger partial charge in [-0.15, -0.1) is 0 Å². The highest BCUT2D eigenvalue weighted by Gasteiger charge is 2.25. The van der Waals surface area contributed by atoms with E-state index >= 15 is 0 Å². The zero-order valence-electron chi connectivity index (χ0n) is 17.6. The van der Waals surface area contributed by atoms with Gasteiger partial charge in [0.05, 0.1) is 11.4 Å². The van der Waals surface area contributed by atoms with Gasteiger partial charge in [-0.25, -0.2) is 0 Å². The minimum atomic E-state index is -0.268. The first-order chi connectivity index (χ1) is 14.5. The highest BCUT2D eigenvalue weighted by Crippen LogP contribution is 2.27. The van der Waals surface area contributed by atoms with Crippen LogP contribution in [0.15, 0.2) is 53.8 Å². The summed E-state index contributed by atoms with van der Waals surface area (Å²) in [5.41, 5.74) is 4.85. The number of benzene rings is 1. The lowest BCUT2D eigenvalue weighted by atomic mass is 10.1. The SMILES string of the molecule is Cc1ccn(-c2cccc3c2CCC3)c(=O)c1C(=O)N(C)C(C)Cc1cnccn1. The van der Waals surface area contributed by atoms with Crippen LogP contribution in [0.2, 0.25) is 0 Å². The van der Waals surface area contributed by atoms with E-state index in [1.165, 1.54) is 11.1 Å². The van der Waals surface area contributed by atoms with Crippen molar-refractivity contribution in [1.82, 2.24) is 19.4 Å². The molecular weight excluding hydrogens is 376 g/mol. The maximum absolute atomic E-state index is 13.4. The molecule has 1 aliphatic carbocycles. The summed E-state index contributed by atoms with van der Waals surface area (Å²) >= 11 is 0. The number of nitrogens with zero attached hydrogens (tertiary/aromatic N) is 4. The summed E-state index contributed by atoms with van der Waals surface area (Å²) in [6, 6.07) is 7.81. The molecule has 1 unspecified atom stereocenters. The van der Waals surface area contributed by atoms with Crippen LogP contribution in [-0.2, 0) is 19.3 Å². The van der Waals surface area contributed by atoms with Crippen LogP contribution in [0, 0.1) is 6.92 Å². The first-order valence-electron chi connectivity index (χ1n) is 10.3. The van der Waals surface area contributed by atoms with Gasteiger partial charge in [0.25, 0.3) is 11.5 Å². The van der Waals surface area contributed by atoms with E-state index in [0.29, 0.717) is 12.0 Å². The Morgan fingerprint density at radius 2 is 2.07 bits per heavy atom. The van der Waals surface area contributed by atoms with E-state index in [0.717, 1.165) is 30.6 Å². The molecule has 0 aliphatic heterocycles. The molecule has 0 N–H and O–H groups in total. The van der Waals surface area contributed by atoms with E-state index in [9.17, 15) is 9.59 Å². The highest BCUT2D eigenvalue weighted by molar-refractivity contribution is 5.95. The summed E-state index contributed by atoms with van der Waals surface area (Å²) in [6.07, 6.45) is 10.4. The minimum absolute atomic E-state index is 0.123. The Morgan fingerprint density at radius 3 is 2.83 bits per heavy atom. The molecule has 154 valence electrons. The molecule has 1 aliphatic rings. The summed E-state index contributed by atoms with van der Waals surface area (Å²) in [5, 5.41) is 0. The second-order valence-electron chi connectivity index (χ2n) is 7.98. The number of pyridine rings is 1. The van der Waals surface area contributed by atoms with E-state index in [1.54, 1.807) is 41.3 Å². The smallest absolute Gasteiger partial charge is 0.268 e. The van der Waals surface area contributed by atoms with Crippen LogP contribution in [0.25, 0.3) is 5.69 Å². The summed E-state index contributed by atoms with van der Waals surface area (Å²) < 4.78 is 1.63. The molecule has 0 bridgehead atoms. The van der Waals surface area contributed by atoms with Crippen molar-refractivity contribution in [1.29, 1.82) is 0 Å². The van der Waals surface area contributed by atoms with Gasteiger partial charge in [0.1, 0.15) is 5.56 Å². The number of likely N-dealkylation sites (N-methyl/N-ethyl adjacent to an activating group) is 1. The Labute approximate surface area is 176 Å². The molecule has 0 fully saturated rings. The van der Waals surface area contributed by atoms with Crippen molar-refractivity contribution in [2.45, 2.75) is 45.6 Å². The molecule has 0 spiro atoms. The molecule has 0 saturated carbocycles. The number of hydrogen-bond donors (Lipinski definition) is 0. The molecule has 0 radical (unpaired) electrons. The third-order valence-electron chi connectivity index (χ3n) is 6.00. The Balaban J connectivity index is 1.68. The molecule has 2 aromatic heterocycles. The molecule has 6 nitrogen and oxygen atoms in total. The monoisotopic (exact) mass is 402 g/mol. The van der Waals surface area contributed by atoms with Gasteiger partial charge < -0.3 is 4.90 Å². The van der Waals surface area contributed by atoms with Crippen molar-refractivity contribution in [3.63, 3.8) is 0 Å². The normalized spacial score (nSPS) is 13.7. The number of hydrogen-bond acceptors (Lipinski definition) is 4. The Morgan fingerprint density at radius 1 is 1.23 bits per heavy atom. The van der Waals surface area contributed by atoms with Crippen molar-refractivity contribution in [3.8, 4) is 5.69 Å². The van der Waals surface area contributed by atoms with Gasteiger partial charge in [0, 0.05) is 44.3 Å². The second kappa shape index (κ2) is 8.22. The summed E-state index contributed by atoms with van der Waals surface area (Å²) in [7, 11) is 1.74. The van der Waals surface area contributed by atoms with E-state index in [2.05, 4.69) is 16.0 Å². The minimum Gasteiger partial charge on any atom is -0.338 e. The van der Waals surface area contributed by atoms with Crippen LogP contribution in [0.1, 0.15) is 46.1 Å². The summed E-state index contributed by atoms with van der Waals surface area (Å²) in [5.74, 6) is -0.268. The third kappa shape index (κ3) is 3.65. The predicted molar refractivity (Wildman–Crippen MR) is 116 cm³/mol. The van der Waals surface area contributed by atoms with Gasteiger partial charge >= 0.3 is 0 Å². The lowest BCUT2D eigenvalue weighted by Crippen LogP contribution is -2.40. The lowest BCUT2D eigenvalue weighted by molar-refractivity contribution is 0.0740. The van der Waals surface area contributed by atoms with Crippen molar-refractivity contribution in [2.75, 3.05) is 7.05 Å². The Hall–Kier alpha value is -3.28. The largest absolute Gasteiger partial charge is 0.338 e. The number of aryl methyl sites for hydroxylation is 2. The molecule has 1 atom stereocenters. The third-order valence-corrected chi connectivity index (χ3v) is 6.00. The van der Waals surface area contributed by atoms with Gasteiger partial charge in [-0.3, -0.25) is 24.1 Å². The van der Waals surface area contributed by atoms with E-state index in [1.807, 2.05) is 32.0 Å². The van der Waals surface area contributed by atoms with Gasteiger partial charge in [-0.1, -0.05) is 12.1 Å². The van der Waals surface area contributed by atoms with E-state index < -0.39 is 0 Å². The molecular formula is C24H26N4O2. The zero-order valence-corrected chi connectivity index (χ0v) is 17.6. The quantitative estimate of drug-likeness (QED) is 0.658. The second-order valence-corrected chi connectivity index (χ2v) is 7.98. The first-order valence-corrected chi connectivity index (χ1v) is 10.3. The Kier molecular flexibility index (Phi) is 5.48. The zero-order chi connectivity index (χ0) is 21.3. The predicted octanol–water partition coefficient (Wildman–Crippen LogP) is 3.13. The number of amides is 1. The molecule has 2 heterocycles. The fourth-order valence-electron chi connectivity index (χ4n) is 4.15. The fourth-order valence-corrected chi connectivity index (χ4v) is 4.15. The number of fused-ring (bicyclic) bond motifs is 1. The van der Waals surface area contributed by atoms with Crippen LogP contribution in [0.3, 0.4) is 0 Å².